The molecule has 0 amide bonds. The summed E-state index contributed by atoms with van der Waals surface area (Å²) in [4.78, 5) is 37.6. The van der Waals surface area contributed by atoms with Gasteiger partial charge in [0.1, 0.15) is 17.3 Å². The molecule has 2 saturated heterocycles. The van der Waals surface area contributed by atoms with Crippen LogP contribution in [0.5, 0.6) is 0 Å². The highest BCUT2D eigenvalue weighted by Gasteiger charge is 2.75. The minimum absolute atomic E-state index is 0.0666. The van der Waals surface area contributed by atoms with Gasteiger partial charge in [0.05, 0.1) is 18.8 Å². The quantitative estimate of drug-likeness (QED) is 0.548. The molecule has 4 aliphatic heterocycles. The lowest BCUT2D eigenvalue weighted by molar-refractivity contribution is -0.222. The molecule has 6 atom stereocenters. The van der Waals surface area contributed by atoms with E-state index in [1.807, 2.05) is 0 Å². The molecule has 0 unspecified atom stereocenters. The van der Waals surface area contributed by atoms with Crippen LogP contribution in [0.25, 0.3) is 0 Å². The highest BCUT2D eigenvalue weighted by atomic mass is 16.7. The predicted molar refractivity (Wildman–Crippen MR) is 93.4 cm³/mol. The molecule has 1 N–H and O–H groups in total. The Morgan fingerprint density at radius 3 is 2.68 bits per heavy atom. The number of hydrogen-bond donors (Lipinski definition) is 1. The molecule has 2 bridgehead atoms. The summed E-state index contributed by atoms with van der Waals surface area (Å²) in [5.74, 6) is -4.41. The Balaban J connectivity index is 1.87. The first kappa shape index (κ1) is 18.9. The fourth-order valence-corrected chi connectivity index (χ4v) is 4.74. The van der Waals surface area contributed by atoms with Gasteiger partial charge in [-0.05, 0) is 32.4 Å². The molecule has 8 nitrogen and oxygen atoms in total. The maximum Gasteiger partial charge on any atom is 0.338 e. The van der Waals surface area contributed by atoms with Crippen LogP contribution in [0.1, 0.15) is 27.2 Å². The van der Waals surface area contributed by atoms with Gasteiger partial charge in [0, 0.05) is 18.4 Å². The van der Waals surface area contributed by atoms with E-state index in [1.54, 1.807) is 19.9 Å². The third-order valence-corrected chi connectivity index (χ3v) is 6.47. The summed E-state index contributed by atoms with van der Waals surface area (Å²) >= 11 is 0. The molecule has 8 heteroatoms. The maximum atomic E-state index is 12.9. The van der Waals surface area contributed by atoms with Crippen molar-refractivity contribution >= 4 is 17.7 Å². The Hall–Kier alpha value is -2.45. The van der Waals surface area contributed by atoms with Crippen LogP contribution < -0.4 is 0 Å². The summed E-state index contributed by atoms with van der Waals surface area (Å²) in [5, 5.41) is 11.4. The van der Waals surface area contributed by atoms with Crippen molar-refractivity contribution in [2.24, 2.45) is 11.3 Å². The van der Waals surface area contributed by atoms with Gasteiger partial charge < -0.3 is 24.1 Å². The molecule has 4 aliphatic rings. The average Bonchev–Trinajstić information content (AvgIpc) is 3.16. The van der Waals surface area contributed by atoms with Crippen molar-refractivity contribution in [2.45, 2.75) is 50.8 Å². The van der Waals surface area contributed by atoms with Crippen LogP contribution in [-0.4, -0.2) is 53.5 Å². The Morgan fingerprint density at radius 2 is 2.04 bits per heavy atom. The number of carbonyl (C=O) groups excluding carboxylic acids is 3. The number of rotatable bonds is 2. The number of carbonyl (C=O) groups is 3. The van der Waals surface area contributed by atoms with E-state index in [-0.39, 0.29) is 12.2 Å². The second kappa shape index (κ2) is 5.55. The third-order valence-electron chi connectivity index (χ3n) is 6.47. The van der Waals surface area contributed by atoms with Crippen LogP contribution in [0.15, 0.2) is 35.6 Å². The topological polar surface area (TPSA) is 108 Å². The Bertz CT molecular complexity index is 885. The molecule has 0 aromatic heterocycles. The lowest BCUT2D eigenvalue weighted by atomic mass is 9.67. The summed E-state index contributed by atoms with van der Waals surface area (Å²) in [6, 6.07) is 0. The Kier molecular flexibility index (Phi) is 3.74. The van der Waals surface area contributed by atoms with E-state index in [9.17, 15) is 19.5 Å². The number of hydrogen-bond acceptors (Lipinski definition) is 8. The predicted octanol–water partition coefficient (Wildman–Crippen LogP) is 0.943. The second-order valence-corrected chi connectivity index (χ2v) is 8.13. The molecule has 150 valence electrons. The number of aliphatic hydroxyl groups is 1. The zero-order chi connectivity index (χ0) is 20.6. The fraction of sp³-hybridized carbons (Fsp3) is 0.550. The normalized spacial score (nSPS) is 45.5. The van der Waals surface area contributed by atoms with E-state index in [0.29, 0.717) is 11.3 Å². The molecule has 0 spiro atoms. The van der Waals surface area contributed by atoms with Gasteiger partial charge in [-0.1, -0.05) is 6.58 Å². The molecule has 0 aliphatic carbocycles. The maximum absolute atomic E-state index is 12.9. The van der Waals surface area contributed by atoms with Crippen LogP contribution in [0.3, 0.4) is 0 Å². The van der Waals surface area contributed by atoms with Crippen molar-refractivity contribution in [2.75, 3.05) is 7.11 Å². The second-order valence-electron chi connectivity index (χ2n) is 8.13. The summed E-state index contributed by atoms with van der Waals surface area (Å²) < 4.78 is 22.0. The van der Waals surface area contributed by atoms with Crippen LogP contribution in [0.2, 0.25) is 0 Å². The smallest absolute Gasteiger partial charge is 0.338 e. The number of fused-ring (bicyclic) bond motifs is 2. The lowest BCUT2D eigenvalue weighted by Crippen LogP contribution is -2.51. The average molecular weight is 390 g/mol. The number of methoxy groups -OCH3 is 1. The van der Waals surface area contributed by atoms with Crippen LogP contribution >= 0.6 is 0 Å². The number of ether oxygens (including phenoxy) is 4. The van der Waals surface area contributed by atoms with Gasteiger partial charge in [-0.2, -0.15) is 0 Å². The summed E-state index contributed by atoms with van der Waals surface area (Å²) in [5.41, 5.74) is -2.58. The molecule has 0 saturated carbocycles. The van der Waals surface area contributed by atoms with Crippen molar-refractivity contribution in [1.82, 2.24) is 0 Å². The number of allylic oxidation sites excluding steroid dienone is 1. The van der Waals surface area contributed by atoms with Gasteiger partial charge in [0.15, 0.2) is 5.60 Å². The van der Waals surface area contributed by atoms with Crippen molar-refractivity contribution < 1.29 is 38.4 Å². The molecule has 2 fully saturated rings. The lowest BCUT2D eigenvalue weighted by Gasteiger charge is -2.34. The largest absolute Gasteiger partial charge is 0.479 e. The standard InChI is InChI=1S/C20H22O8/c1-9-6-12-15-13(8-18(3)14(21)7-11(9)27-18)28-20(24,10(2)16(22)25-5)19(15,4)17(23)26-12/h6-7,12-13,15,24H,2,8H2,1,3-5H3/b9-6-/t12-,13+,15+,18+,19-,20-/m1/s1. The monoisotopic (exact) mass is 390 g/mol. The molecule has 4 heterocycles. The molecular weight excluding hydrogens is 368 g/mol. The van der Waals surface area contributed by atoms with Gasteiger partial charge in [-0.25, -0.2) is 4.79 Å². The first-order chi connectivity index (χ1) is 13.0. The van der Waals surface area contributed by atoms with Crippen molar-refractivity contribution in [3.63, 3.8) is 0 Å². The van der Waals surface area contributed by atoms with E-state index in [2.05, 4.69) is 11.3 Å². The van der Waals surface area contributed by atoms with Crippen LogP contribution in [-0.2, 0) is 33.3 Å². The van der Waals surface area contributed by atoms with Crippen LogP contribution in [0.4, 0.5) is 0 Å². The van der Waals surface area contributed by atoms with Gasteiger partial charge in [0.2, 0.25) is 11.6 Å². The van der Waals surface area contributed by atoms with Gasteiger partial charge in [-0.3, -0.25) is 9.59 Å². The number of ketones is 1. The van der Waals surface area contributed by atoms with E-state index >= 15 is 0 Å². The van der Waals surface area contributed by atoms with E-state index in [4.69, 9.17) is 14.2 Å². The van der Waals surface area contributed by atoms with E-state index in [1.165, 1.54) is 13.0 Å². The summed E-state index contributed by atoms with van der Waals surface area (Å²) in [7, 11) is 1.14. The first-order valence-electron chi connectivity index (χ1n) is 9.01. The van der Waals surface area contributed by atoms with E-state index < -0.39 is 52.4 Å². The highest BCUT2D eigenvalue weighted by molar-refractivity contribution is 6.00. The minimum atomic E-state index is -2.34. The van der Waals surface area contributed by atoms with Gasteiger partial charge >= 0.3 is 11.9 Å². The zero-order valence-electron chi connectivity index (χ0n) is 16.1. The first-order valence-corrected chi connectivity index (χ1v) is 9.01. The fourth-order valence-electron chi connectivity index (χ4n) is 4.74. The van der Waals surface area contributed by atoms with Crippen molar-refractivity contribution in [3.8, 4) is 0 Å². The molecule has 4 rings (SSSR count). The minimum Gasteiger partial charge on any atom is -0.479 e. The van der Waals surface area contributed by atoms with Gasteiger partial charge in [0.25, 0.3) is 0 Å². The third kappa shape index (κ3) is 2.10. The number of esters is 2. The van der Waals surface area contributed by atoms with Gasteiger partial charge in [-0.15, -0.1) is 0 Å². The summed E-state index contributed by atoms with van der Waals surface area (Å²) in [6.07, 6.45) is 1.64. The molecule has 0 aromatic carbocycles. The molecule has 0 radical (unpaired) electrons. The zero-order valence-corrected chi connectivity index (χ0v) is 16.1. The van der Waals surface area contributed by atoms with Crippen molar-refractivity contribution in [3.05, 3.63) is 35.6 Å². The Morgan fingerprint density at radius 1 is 1.36 bits per heavy atom. The SMILES string of the molecule is C=C(C(=O)OC)[C@@]1(O)O[C@H]2C[C@]3(C)OC(=CC3=O)/C(C)=C\[C@H]3OC(=O)[C@@]1(C)[C@H]23. The Labute approximate surface area is 161 Å². The van der Waals surface area contributed by atoms with E-state index in [0.717, 1.165) is 7.11 Å². The molecule has 28 heavy (non-hydrogen) atoms. The highest BCUT2D eigenvalue weighted by Crippen LogP contribution is 2.60. The summed E-state index contributed by atoms with van der Waals surface area (Å²) in [6.45, 7) is 8.49. The molecular formula is C20H22O8. The van der Waals surface area contributed by atoms with Crippen LogP contribution in [0, 0.1) is 11.3 Å². The van der Waals surface area contributed by atoms with Crippen molar-refractivity contribution in [1.29, 1.82) is 0 Å². The molecule has 0 aromatic rings.